The van der Waals surface area contributed by atoms with Crippen LogP contribution in [0.3, 0.4) is 0 Å². The van der Waals surface area contributed by atoms with Crippen LogP contribution in [0.15, 0.2) is 0 Å². The number of aliphatic hydroxyl groups is 2. The van der Waals surface area contributed by atoms with Gasteiger partial charge in [0.1, 0.15) is 42.9 Å². The van der Waals surface area contributed by atoms with E-state index in [-0.39, 0.29) is 37.4 Å². The Morgan fingerprint density at radius 3 is 1.61 bits per heavy atom. The maximum Gasteiger partial charge on any atom is 0.325 e. The number of aliphatic carboxylic acids is 1. The van der Waals surface area contributed by atoms with Gasteiger partial charge in [-0.25, -0.2) is 0 Å². The molecule has 0 spiro atoms. The van der Waals surface area contributed by atoms with E-state index in [4.69, 9.17) is 20.3 Å². The first-order chi connectivity index (χ1) is 23.0. The highest BCUT2D eigenvalue weighted by atomic mass is 32.2. The van der Waals surface area contributed by atoms with E-state index in [9.17, 15) is 53.4 Å². The number of rotatable bonds is 24. The highest BCUT2D eigenvalue weighted by Gasteiger charge is 2.32. The van der Waals surface area contributed by atoms with Crippen molar-refractivity contribution in [1.29, 1.82) is 0 Å². The zero-order chi connectivity index (χ0) is 37.7. The highest BCUT2D eigenvalue weighted by molar-refractivity contribution is 7.99. The van der Waals surface area contributed by atoms with E-state index in [0.29, 0.717) is 0 Å². The van der Waals surface area contributed by atoms with E-state index in [1.807, 2.05) is 5.32 Å². The summed E-state index contributed by atoms with van der Waals surface area (Å²) in [6.07, 6.45) is -1.50. The summed E-state index contributed by atoms with van der Waals surface area (Å²) < 4.78 is 10.3. The number of thioether (sulfide) groups is 1. The molecule has 0 unspecified atom stereocenters. The summed E-state index contributed by atoms with van der Waals surface area (Å²) in [7, 11) is 0. The summed E-state index contributed by atoms with van der Waals surface area (Å²) in [4.78, 5) is 109. The molecule has 10 N–H and O–H groups in total. The molecular formula is C28H46N6O14S. The van der Waals surface area contributed by atoms with Crippen molar-refractivity contribution >= 4 is 65.1 Å². The molecule has 6 amide bonds. The van der Waals surface area contributed by atoms with Gasteiger partial charge in [0.15, 0.2) is 0 Å². The standard InChI is InChI=1S/C28H46N6O14S/c1-5-21(38)31-19(13-49-12-15(48-23(40)7-3)11-47-22(39)6-2)27(44)34-18(10-36)26(43)33-17(9-35)25(42)32-16(8-20(29)37)24(41)30-14(4)28(45)46/h14-19,35-36H,5-13H2,1-4H3,(H2,29,37)(H,30,41)(H,31,38)(H,32,42)(H,33,43)(H,34,44)(H,45,46)/t14-,15+,16-,17-,18-,19-/m0/s1. The lowest BCUT2D eigenvalue weighted by atomic mass is 10.1. The second kappa shape index (κ2) is 23.8. The maximum atomic E-state index is 13.1. The Morgan fingerprint density at radius 2 is 1.16 bits per heavy atom. The second-order valence-electron chi connectivity index (χ2n) is 10.3. The number of primary amides is 1. The Balaban J connectivity index is 5.64. The number of nitrogens with one attached hydrogen (secondary N) is 5. The van der Waals surface area contributed by atoms with Crippen LogP contribution in [0.25, 0.3) is 0 Å². The SMILES string of the molecule is CCC(=O)N[C@@H](CSC[C@@H](COC(=O)CC)OC(=O)CC)C(=O)N[C@@H](CO)C(=O)N[C@@H](CO)C(=O)N[C@@H](CC(N)=O)C(=O)N[C@@H](C)C(=O)O. The number of esters is 2. The van der Waals surface area contributed by atoms with E-state index < -0.39 is 109 Å². The number of carbonyl (C=O) groups is 9. The molecule has 0 aromatic carbocycles. The number of hydrogen-bond donors (Lipinski definition) is 9. The largest absolute Gasteiger partial charge is 0.480 e. The minimum atomic E-state index is -1.78. The molecule has 0 aromatic heterocycles. The average molecular weight is 723 g/mol. The smallest absolute Gasteiger partial charge is 0.325 e. The fourth-order valence-corrected chi connectivity index (χ4v) is 4.49. The van der Waals surface area contributed by atoms with Gasteiger partial charge in [-0.2, -0.15) is 11.8 Å². The van der Waals surface area contributed by atoms with Gasteiger partial charge >= 0.3 is 17.9 Å². The van der Waals surface area contributed by atoms with Crippen LogP contribution in [0.5, 0.6) is 0 Å². The van der Waals surface area contributed by atoms with Gasteiger partial charge in [-0.15, -0.1) is 0 Å². The topological polar surface area (TPSA) is 319 Å². The molecule has 0 aliphatic rings. The summed E-state index contributed by atoms with van der Waals surface area (Å²) in [5, 5.41) is 39.5. The molecule has 6 atom stereocenters. The molecule has 49 heavy (non-hydrogen) atoms. The summed E-state index contributed by atoms with van der Waals surface area (Å²) in [5.74, 6) is -8.55. The molecule has 0 radical (unpaired) electrons. The van der Waals surface area contributed by atoms with E-state index in [1.54, 1.807) is 13.8 Å². The van der Waals surface area contributed by atoms with Crippen molar-refractivity contribution in [2.45, 2.75) is 89.7 Å². The van der Waals surface area contributed by atoms with Crippen molar-refractivity contribution in [2.24, 2.45) is 5.73 Å². The van der Waals surface area contributed by atoms with Crippen LogP contribution in [0.2, 0.25) is 0 Å². The lowest BCUT2D eigenvalue weighted by molar-refractivity contribution is -0.157. The van der Waals surface area contributed by atoms with Crippen molar-refractivity contribution in [1.82, 2.24) is 26.6 Å². The first-order valence-corrected chi connectivity index (χ1v) is 16.3. The Bertz CT molecular complexity index is 1190. The van der Waals surface area contributed by atoms with E-state index in [0.717, 1.165) is 18.7 Å². The van der Waals surface area contributed by atoms with Crippen LogP contribution in [0.1, 0.15) is 53.4 Å². The number of aliphatic hydroxyl groups excluding tert-OH is 2. The van der Waals surface area contributed by atoms with Gasteiger partial charge in [0, 0.05) is 30.8 Å². The molecule has 0 aliphatic carbocycles. The molecule has 0 rings (SSSR count). The van der Waals surface area contributed by atoms with E-state index in [2.05, 4.69) is 21.3 Å². The molecular weight excluding hydrogens is 676 g/mol. The van der Waals surface area contributed by atoms with Gasteiger partial charge < -0.3 is 57.1 Å². The Hall–Kier alpha value is -4.50. The molecule has 0 saturated heterocycles. The number of carbonyl (C=O) groups excluding carboxylic acids is 8. The molecule has 0 fully saturated rings. The third kappa shape index (κ3) is 18.0. The predicted octanol–water partition coefficient (Wildman–Crippen LogP) is -4.21. The van der Waals surface area contributed by atoms with Crippen molar-refractivity contribution in [3.63, 3.8) is 0 Å². The van der Waals surface area contributed by atoms with Crippen LogP contribution in [-0.2, 0) is 52.6 Å². The summed E-state index contributed by atoms with van der Waals surface area (Å²) in [6, 6.07) is -7.87. The molecule has 278 valence electrons. The number of amides is 6. The van der Waals surface area contributed by atoms with Gasteiger partial charge in [-0.3, -0.25) is 43.2 Å². The number of nitrogens with two attached hydrogens (primary N) is 1. The van der Waals surface area contributed by atoms with Crippen LogP contribution in [0, 0.1) is 0 Å². The van der Waals surface area contributed by atoms with Crippen molar-refractivity contribution < 1.29 is 67.9 Å². The normalized spacial score (nSPS) is 14.3. The summed E-state index contributed by atoms with van der Waals surface area (Å²) >= 11 is 1.05. The van der Waals surface area contributed by atoms with Gasteiger partial charge in [0.25, 0.3) is 0 Å². The van der Waals surface area contributed by atoms with E-state index in [1.165, 1.54) is 6.92 Å². The van der Waals surface area contributed by atoms with Gasteiger partial charge in [0.2, 0.25) is 35.4 Å². The third-order valence-electron chi connectivity index (χ3n) is 6.27. The lowest BCUT2D eigenvalue weighted by Crippen LogP contribution is -2.60. The Kier molecular flexibility index (Phi) is 21.6. The fourth-order valence-electron chi connectivity index (χ4n) is 3.46. The zero-order valence-electron chi connectivity index (χ0n) is 27.6. The number of carboxylic acid groups (broad SMARTS) is 1. The predicted molar refractivity (Wildman–Crippen MR) is 170 cm³/mol. The van der Waals surface area contributed by atoms with Crippen molar-refractivity contribution in [2.75, 3.05) is 31.3 Å². The minimum Gasteiger partial charge on any atom is -0.480 e. The van der Waals surface area contributed by atoms with Crippen LogP contribution >= 0.6 is 11.8 Å². The van der Waals surface area contributed by atoms with Gasteiger partial charge in [0.05, 0.1) is 19.6 Å². The first-order valence-electron chi connectivity index (χ1n) is 15.2. The quantitative estimate of drug-likeness (QED) is 0.0427. The summed E-state index contributed by atoms with van der Waals surface area (Å²) in [6.45, 7) is 3.49. The minimum absolute atomic E-state index is 0.0145. The average Bonchev–Trinajstić information content (AvgIpc) is 3.06. The first kappa shape index (κ1) is 44.5. The third-order valence-corrected chi connectivity index (χ3v) is 7.44. The molecule has 21 heteroatoms. The zero-order valence-corrected chi connectivity index (χ0v) is 28.5. The Labute approximate surface area is 286 Å². The van der Waals surface area contributed by atoms with E-state index >= 15 is 0 Å². The highest BCUT2D eigenvalue weighted by Crippen LogP contribution is 2.11. The fraction of sp³-hybridized carbons (Fsp3) is 0.679. The second-order valence-corrected chi connectivity index (χ2v) is 11.4. The molecule has 0 aliphatic heterocycles. The van der Waals surface area contributed by atoms with Crippen molar-refractivity contribution in [3.8, 4) is 0 Å². The molecule has 0 heterocycles. The maximum absolute atomic E-state index is 13.1. The van der Waals surface area contributed by atoms with Crippen molar-refractivity contribution in [3.05, 3.63) is 0 Å². The van der Waals surface area contributed by atoms with Crippen LogP contribution in [0.4, 0.5) is 0 Å². The molecule has 0 bridgehead atoms. The Morgan fingerprint density at radius 1 is 0.673 bits per heavy atom. The summed E-state index contributed by atoms with van der Waals surface area (Å²) in [5.41, 5.74) is 5.11. The molecule has 0 aromatic rings. The number of carboxylic acids is 1. The molecule has 20 nitrogen and oxygen atoms in total. The monoisotopic (exact) mass is 722 g/mol. The van der Waals surface area contributed by atoms with Gasteiger partial charge in [-0.05, 0) is 6.92 Å². The van der Waals surface area contributed by atoms with Crippen LogP contribution < -0.4 is 32.3 Å². The molecule has 0 saturated carbocycles. The van der Waals surface area contributed by atoms with Crippen LogP contribution in [-0.4, -0.2) is 136 Å². The van der Waals surface area contributed by atoms with Gasteiger partial charge in [-0.1, -0.05) is 20.8 Å². The number of hydrogen-bond acceptors (Lipinski definition) is 14. The number of ether oxygens (including phenoxy) is 2. The lowest BCUT2D eigenvalue weighted by Gasteiger charge is -2.25.